The normalized spacial score (nSPS) is 17.4. The molecule has 0 radical (unpaired) electrons. The van der Waals surface area contributed by atoms with E-state index in [1.165, 1.54) is 0 Å². The summed E-state index contributed by atoms with van der Waals surface area (Å²) >= 11 is 0. The summed E-state index contributed by atoms with van der Waals surface area (Å²) in [5, 5.41) is 3.35. The Labute approximate surface area is 213 Å². The molecular weight excluding hydrogens is 466 g/mol. The molecule has 10 heteroatoms. The molecule has 1 aromatic carbocycles. The van der Waals surface area contributed by atoms with Crippen molar-refractivity contribution in [2.45, 2.75) is 38.8 Å². The van der Waals surface area contributed by atoms with Crippen LogP contribution in [0.15, 0.2) is 24.3 Å². The number of rotatable bonds is 14. The number of ketones is 1. The van der Waals surface area contributed by atoms with Crippen LogP contribution in [0.5, 0.6) is 5.75 Å². The van der Waals surface area contributed by atoms with E-state index < -0.39 is 12.1 Å². The fraction of sp³-hybridized carbons (Fsp3) is 0.654. The van der Waals surface area contributed by atoms with E-state index in [9.17, 15) is 14.4 Å². The summed E-state index contributed by atoms with van der Waals surface area (Å²) in [6.07, 6.45) is 1.61. The number of benzene rings is 1. The van der Waals surface area contributed by atoms with Gasteiger partial charge in [0.15, 0.2) is 12.4 Å². The predicted molar refractivity (Wildman–Crippen MR) is 133 cm³/mol. The number of piperidine rings is 1. The molecule has 0 aromatic heterocycles. The fourth-order valence-electron chi connectivity index (χ4n) is 4.36. The molecular formula is C26H39N3O7. The Morgan fingerprint density at radius 2 is 1.69 bits per heavy atom. The molecule has 0 bridgehead atoms. The standard InChI is InChI=1S/C26H39N3O7/c1-3-33-17-23(18-34-4-2)36-26(32)19-35-22-7-5-20(6-8-22)24(30)15-29-14-13-28(16-25(29)31)21-9-11-27-12-10-21/h5-8,21,23,27H,3-4,9-19H2,1-2H3. The summed E-state index contributed by atoms with van der Waals surface area (Å²) in [7, 11) is 0. The van der Waals surface area contributed by atoms with E-state index in [1.54, 1.807) is 29.2 Å². The van der Waals surface area contributed by atoms with Gasteiger partial charge in [-0.2, -0.15) is 0 Å². The van der Waals surface area contributed by atoms with Gasteiger partial charge in [-0.15, -0.1) is 0 Å². The van der Waals surface area contributed by atoms with E-state index in [0.717, 1.165) is 32.5 Å². The summed E-state index contributed by atoms with van der Waals surface area (Å²) in [6.45, 7) is 8.78. The van der Waals surface area contributed by atoms with Crippen molar-refractivity contribution >= 4 is 17.7 Å². The van der Waals surface area contributed by atoms with Crippen LogP contribution in [0.1, 0.15) is 37.0 Å². The zero-order valence-corrected chi connectivity index (χ0v) is 21.4. The Bertz CT molecular complexity index is 834. The van der Waals surface area contributed by atoms with Crippen molar-refractivity contribution in [2.24, 2.45) is 0 Å². The van der Waals surface area contributed by atoms with Gasteiger partial charge < -0.3 is 29.2 Å². The first-order valence-electron chi connectivity index (χ1n) is 12.8. The summed E-state index contributed by atoms with van der Waals surface area (Å²) in [5.41, 5.74) is 0.493. The summed E-state index contributed by atoms with van der Waals surface area (Å²) in [4.78, 5) is 41.4. The van der Waals surface area contributed by atoms with Crippen LogP contribution >= 0.6 is 0 Å². The van der Waals surface area contributed by atoms with Crippen LogP contribution in [0.4, 0.5) is 0 Å². The molecule has 2 aliphatic rings. The third kappa shape index (κ3) is 8.85. The minimum atomic E-state index is -0.526. The van der Waals surface area contributed by atoms with Crippen LogP contribution in [0.25, 0.3) is 0 Å². The third-order valence-corrected chi connectivity index (χ3v) is 6.35. The Kier molecular flexibility index (Phi) is 11.6. The molecule has 0 unspecified atom stereocenters. The molecule has 0 saturated carbocycles. The van der Waals surface area contributed by atoms with Gasteiger partial charge in [-0.1, -0.05) is 0 Å². The second-order valence-electron chi connectivity index (χ2n) is 8.93. The van der Waals surface area contributed by atoms with Gasteiger partial charge in [0.05, 0.1) is 26.3 Å². The summed E-state index contributed by atoms with van der Waals surface area (Å²) in [6, 6.07) is 7.00. The number of amides is 1. The quantitative estimate of drug-likeness (QED) is 0.294. The number of esters is 1. The SMILES string of the molecule is CCOCC(COCC)OC(=O)COc1ccc(C(=O)CN2CCN(C3CCNCC3)CC2=O)cc1. The molecule has 10 nitrogen and oxygen atoms in total. The van der Waals surface area contributed by atoms with Crippen molar-refractivity contribution in [3.63, 3.8) is 0 Å². The van der Waals surface area contributed by atoms with Crippen molar-refractivity contribution in [3.8, 4) is 5.75 Å². The van der Waals surface area contributed by atoms with Crippen LogP contribution in [-0.2, 0) is 23.8 Å². The van der Waals surface area contributed by atoms with E-state index in [4.69, 9.17) is 18.9 Å². The van der Waals surface area contributed by atoms with E-state index in [0.29, 0.717) is 43.7 Å². The van der Waals surface area contributed by atoms with Crippen LogP contribution in [-0.4, -0.2) is 112 Å². The molecule has 0 atom stereocenters. The van der Waals surface area contributed by atoms with Crippen LogP contribution in [0.2, 0.25) is 0 Å². The molecule has 3 rings (SSSR count). The second-order valence-corrected chi connectivity index (χ2v) is 8.93. The highest BCUT2D eigenvalue weighted by Gasteiger charge is 2.30. The fourth-order valence-corrected chi connectivity index (χ4v) is 4.36. The van der Waals surface area contributed by atoms with Gasteiger partial charge >= 0.3 is 5.97 Å². The number of nitrogens with zero attached hydrogens (tertiary/aromatic N) is 2. The van der Waals surface area contributed by atoms with Crippen molar-refractivity contribution in [3.05, 3.63) is 29.8 Å². The second kappa shape index (κ2) is 14.9. The first-order chi connectivity index (χ1) is 17.5. The van der Waals surface area contributed by atoms with Crippen LogP contribution < -0.4 is 10.1 Å². The Morgan fingerprint density at radius 3 is 2.31 bits per heavy atom. The number of hydrogen-bond donors (Lipinski definition) is 1. The van der Waals surface area contributed by atoms with Crippen molar-refractivity contribution in [1.29, 1.82) is 0 Å². The van der Waals surface area contributed by atoms with Crippen molar-refractivity contribution in [2.75, 3.05) is 72.3 Å². The number of piperazine rings is 1. The third-order valence-electron chi connectivity index (χ3n) is 6.35. The van der Waals surface area contributed by atoms with Gasteiger partial charge in [0, 0.05) is 37.9 Å². The first kappa shape index (κ1) is 28.0. The molecule has 2 heterocycles. The van der Waals surface area contributed by atoms with Gasteiger partial charge in [-0.3, -0.25) is 14.5 Å². The maximum Gasteiger partial charge on any atom is 0.344 e. The Morgan fingerprint density at radius 1 is 1.03 bits per heavy atom. The number of carbonyl (C=O) groups excluding carboxylic acids is 3. The molecule has 1 amide bonds. The van der Waals surface area contributed by atoms with Crippen LogP contribution in [0, 0.1) is 0 Å². The molecule has 2 aliphatic heterocycles. The van der Waals surface area contributed by atoms with Gasteiger partial charge in [-0.05, 0) is 64.0 Å². The van der Waals surface area contributed by atoms with E-state index in [-0.39, 0.29) is 38.1 Å². The highest BCUT2D eigenvalue weighted by Crippen LogP contribution is 2.17. The van der Waals surface area contributed by atoms with Gasteiger partial charge in [-0.25, -0.2) is 4.79 Å². The van der Waals surface area contributed by atoms with Crippen molar-refractivity contribution < 1.29 is 33.3 Å². The lowest BCUT2D eigenvalue weighted by atomic mass is 10.0. The van der Waals surface area contributed by atoms with E-state index in [2.05, 4.69) is 10.2 Å². The van der Waals surface area contributed by atoms with Crippen molar-refractivity contribution in [1.82, 2.24) is 15.1 Å². The highest BCUT2D eigenvalue weighted by atomic mass is 16.6. The lowest BCUT2D eigenvalue weighted by molar-refractivity contribution is -0.158. The minimum Gasteiger partial charge on any atom is -0.482 e. The summed E-state index contributed by atoms with van der Waals surface area (Å²) in [5.74, 6) is -0.207. The van der Waals surface area contributed by atoms with E-state index >= 15 is 0 Å². The van der Waals surface area contributed by atoms with Gasteiger partial charge in [0.1, 0.15) is 11.9 Å². The molecule has 1 aromatic rings. The maximum atomic E-state index is 12.8. The summed E-state index contributed by atoms with van der Waals surface area (Å²) < 4.78 is 21.5. The monoisotopic (exact) mass is 505 g/mol. The average molecular weight is 506 g/mol. The number of Topliss-reactive ketones (excluding diaryl/α,β-unsaturated/α-hetero) is 1. The zero-order chi connectivity index (χ0) is 25.8. The number of ether oxygens (including phenoxy) is 4. The molecule has 1 N–H and O–H groups in total. The Balaban J connectivity index is 1.42. The molecule has 0 aliphatic carbocycles. The Hall–Kier alpha value is -2.53. The number of nitrogens with one attached hydrogen (secondary N) is 1. The average Bonchev–Trinajstić information content (AvgIpc) is 2.90. The topological polar surface area (TPSA) is 107 Å². The van der Waals surface area contributed by atoms with Gasteiger partial charge in [0.2, 0.25) is 5.91 Å². The molecule has 200 valence electrons. The molecule has 2 saturated heterocycles. The highest BCUT2D eigenvalue weighted by molar-refractivity contribution is 5.99. The number of carbonyl (C=O) groups is 3. The van der Waals surface area contributed by atoms with Gasteiger partial charge in [0.25, 0.3) is 0 Å². The van der Waals surface area contributed by atoms with E-state index in [1.807, 2.05) is 13.8 Å². The number of hydrogen-bond acceptors (Lipinski definition) is 9. The maximum absolute atomic E-state index is 12.8. The predicted octanol–water partition coefficient (Wildman–Crippen LogP) is 1.13. The first-order valence-corrected chi connectivity index (χ1v) is 12.8. The zero-order valence-electron chi connectivity index (χ0n) is 21.4. The lowest BCUT2D eigenvalue weighted by Crippen LogP contribution is -2.56. The molecule has 36 heavy (non-hydrogen) atoms. The largest absolute Gasteiger partial charge is 0.482 e. The molecule has 2 fully saturated rings. The van der Waals surface area contributed by atoms with Crippen LogP contribution in [0.3, 0.4) is 0 Å². The molecule has 0 spiro atoms. The lowest BCUT2D eigenvalue weighted by Gasteiger charge is -2.40. The smallest absolute Gasteiger partial charge is 0.344 e. The minimum absolute atomic E-state index is 0.00132.